The Balaban J connectivity index is 4.26. The normalized spacial score (nSPS) is 15.0. The zero-order valence-corrected chi connectivity index (χ0v) is 9.14. The lowest BCUT2D eigenvalue weighted by Gasteiger charge is -2.27. The van der Waals surface area contributed by atoms with Crippen LogP contribution in [0, 0.1) is 0 Å². The Morgan fingerprint density at radius 2 is 1.55 bits per heavy atom. The molecule has 0 unspecified atom stereocenters. The molecule has 0 fully saturated rings. The van der Waals surface area contributed by atoms with Crippen molar-refractivity contribution >= 4 is 20.4 Å². The highest BCUT2D eigenvalue weighted by molar-refractivity contribution is 6.71. The van der Waals surface area contributed by atoms with Gasteiger partial charge in [0.05, 0.1) is 0 Å². The van der Waals surface area contributed by atoms with Crippen LogP contribution in [0.3, 0.4) is 0 Å². The molecule has 0 amide bonds. The fourth-order valence-corrected chi connectivity index (χ4v) is 3.45. The number of rotatable bonds is 5. The van der Waals surface area contributed by atoms with Gasteiger partial charge in [-0.25, -0.2) is 0 Å². The van der Waals surface area contributed by atoms with Gasteiger partial charge in [0.2, 0.25) is 0 Å². The van der Waals surface area contributed by atoms with Crippen molar-refractivity contribution < 1.29 is 13.3 Å². The maximum absolute atomic E-state index is 5.98. The van der Waals surface area contributed by atoms with Crippen LogP contribution in [0.1, 0.15) is 13.3 Å². The average molecular weight is 199 g/mol. The van der Waals surface area contributed by atoms with E-state index >= 15 is 0 Å². The number of halogens is 1. The van der Waals surface area contributed by atoms with Gasteiger partial charge < -0.3 is 13.3 Å². The highest BCUT2D eigenvalue weighted by Crippen LogP contribution is 2.19. The number of alkyl halides is 1. The summed E-state index contributed by atoms with van der Waals surface area (Å²) in [6.07, 6.45) is 0.781. The van der Waals surface area contributed by atoms with Gasteiger partial charge in [-0.2, -0.15) is 0 Å². The van der Waals surface area contributed by atoms with Gasteiger partial charge in [-0.3, -0.25) is 0 Å². The van der Waals surface area contributed by atoms with Crippen molar-refractivity contribution in [2.75, 3.05) is 21.3 Å². The van der Waals surface area contributed by atoms with Gasteiger partial charge in [-0.1, -0.05) is 6.92 Å². The van der Waals surface area contributed by atoms with Crippen LogP contribution < -0.4 is 0 Å². The maximum Gasteiger partial charge on any atom is 0.518 e. The summed E-state index contributed by atoms with van der Waals surface area (Å²) in [6, 6.07) is 0. The molecular formula is C6H15ClO3Si. The molecule has 0 rings (SSSR count). The van der Waals surface area contributed by atoms with Gasteiger partial charge in [0.15, 0.2) is 0 Å². The van der Waals surface area contributed by atoms with Gasteiger partial charge in [-0.15, -0.1) is 11.6 Å². The summed E-state index contributed by atoms with van der Waals surface area (Å²) < 4.78 is 15.5. The predicted octanol–water partition coefficient (Wildman–Crippen LogP) is 1.42. The molecule has 0 aromatic carbocycles. The molecule has 0 saturated carbocycles. The molecular weight excluding hydrogens is 184 g/mol. The van der Waals surface area contributed by atoms with Crippen LogP contribution in [0.4, 0.5) is 0 Å². The molecule has 1 atom stereocenters. The van der Waals surface area contributed by atoms with Crippen molar-refractivity contribution in [3.05, 3.63) is 0 Å². The average Bonchev–Trinajstić information content (AvgIpc) is 2.08. The molecule has 68 valence electrons. The van der Waals surface area contributed by atoms with Gasteiger partial charge in [0.1, 0.15) is 5.00 Å². The van der Waals surface area contributed by atoms with E-state index < -0.39 is 8.80 Å². The third-order valence-electron chi connectivity index (χ3n) is 1.60. The van der Waals surface area contributed by atoms with E-state index in [4.69, 9.17) is 24.9 Å². The quantitative estimate of drug-likeness (QED) is 0.494. The topological polar surface area (TPSA) is 27.7 Å². The molecule has 0 radical (unpaired) electrons. The summed E-state index contributed by atoms with van der Waals surface area (Å²) in [5.41, 5.74) is 0. The smallest absolute Gasteiger partial charge is 0.376 e. The first kappa shape index (κ1) is 11.4. The van der Waals surface area contributed by atoms with E-state index in [1.165, 1.54) is 0 Å². The molecule has 0 saturated heterocycles. The van der Waals surface area contributed by atoms with Crippen molar-refractivity contribution in [2.45, 2.75) is 18.3 Å². The maximum atomic E-state index is 5.98. The van der Waals surface area contributed by atoms with Crippen LogP contribution in [0.5, 0.6) is 0 Å². The molecule has 5 heteroatoms. The van der Waals surface area contributed by atoms with E-state index in [1.807, 2.05) is 6.92 Å². The van der Waals surface area contributed by atoms with Gasteiger partial charge in [0.25, 0.3) is 0 Å². The third-order valence-corrected chi connectivity index (χ3v) is 5.59. The molecule has 0 heterocycles. The predicted molar refractivity (Wildman–Crippen MR) is 46.7 cm³/mol. The van der Waals surface area contributed by atoms with Crippen molar-refractivity contribution in [3.63, 3.8) is 0 Å². The van der Waals surface area contributed by atoms with Crippen LogP contribution in [0.2, 0.25) is 0 Å². The Hall–Kier alpha value is 0.387. The Bertz CT molecular complexity index is 99.7. The third kappa shape index (κ3) is 2.42. The Morgan fingerprint density at radius 3 is 1.64 bits per heavy atom. The summed E-state index contributed by atoms with van der Waals surface area (Å²) in [6.45, 7) is 1.97. The van der Waals surface area contributed by atoms with Crippen molar-refractivity contribution in [3.8, 4) is 0 Å². The van der Waals surface area contributed by atoms with E-state index in [2.05, 4.69) is 0 Å². The van der Waals surface area contributed by atoms with E-state index in [9.17, 15) is 0 Å². The fourth-order valence-electron chi connectivity index (χ4n) is 0.884. The fraction of sp³-hybridized carbons (Fsp3) is 1.00. The zero-order chi connectivity index (χ0) is 8.91. The lowest BCUT2D eigenvalue weighted by atomic mass is 10.6. The molecule has 0 bridgehead atoms. The summed E-state index contributed by atoms with van der Waals surface area (Å²) in [7, 11) is 2.12. The SMILES string of the molecule is CC[C@H](Cl)[Si](OC)(OC)OC. The molecule has 0 aliphatic carbocycles. The Labute approximate surface area is 74.0 Å². The lowest BCUT2D eigenvalue weighted by Crippen LogP contribution is -2.51. The minimum atomic E-state index is -2.56. The highest BCUT2D eigenvalue weighted by Gasteiger charge is 2.45. The summed E-state index contributed by atoms with van der Waals surface area (Å²) >= 11 is 5.98. The molecule has 3 nitrogen and oxygen atoms in total. The van der Waals surface area contributed by atoms with E-state index in [0.29, 0.717) is 0 Å². The summed E-state index contributed by atoms with van der Waals surface area (Å²) in [4.78, 5) is 0. The van der Waals surface area contributed by atoms with Crippen molar-refractivity contribution in [2.24, 2.45) is 0 Å². The van der Waals surface area contributed by atoms with Crippen LogP contribution in [-0.4, -0.2) is 35.1 Å². The van der Waals surface area contributed by atoms with Crippen molar-refractivity contribution in [1.29, 1.82) is 0 Å². The zero-order valence-electron chi connectivity index (χ0n) is 7.39. The van der Waals surface area contributed by atoms with E-state index in [0.717, 1.165) is 6.42 Å². The highest BCUT2D eigenvalue weighted by atomic mass is 35.5. The standard InChI is InChI=1S/C6H15ClO3Si/c1-5-6(7)11(8-2,9-3)10-4/h6H,5H2,1-4H3/t6-/m1/s1. The Morgan fingerprint density at radius 1 is 1.18 bits per heavy atom. The first-order valence-electron chi connectivity index (χ1n) is 3.46. The number of hydrogen-bond acceptors (Lipinski definition) is 3. The minimum absolute atomic E-state index is 0.164. The molecule has 0 aromatic rings. The molecule has 11 heavy (non-hydrogen) atoms. The van der Waals surface area contributed by atoms with Crippen LogP contribution in [0.25, 0.3) is 0 Å². The summed E-state index contributed by atoms with van der Waals surface area (Å²) in [5, 5.41) is -0.164. The first-order chi connectivity index (χ1) is 5.16. The monoisotopic (exact) mass is 198 g/mol. The second-order valence-electron chi connectivity index (χ2n) is 2.09. The second-order valence-corrected chi connectivity index (χ2v) is 6.11. The largest absolute Gasteiger partial charge is 0.518 e. The minimum Gasteiger partial charge on any atom is -0.376 e. The van der Waals surface area contributed by atoms with Gasteiger partial charge in [0, 0.05) is 21.3 Å². The van der Waals surface area contributed by atoms with Crippen LogP contribution >= 0.6 is 11.6 Å². The molecule has 0 spiro atoms. The Kier molecular flexibility index (Phi) is 5.29. The molecule has 0 aliphatic heterocycles. The van der Waals surface area contributed by atoms with Crippen molar-refractivity contribution in [1.82, 2.24) is 0 Å². The van der Waals surface area contributed by atoms with Gasteiger partial charge in [-0.05, 0) is 6.42 Å². The first-order valence-corrected chi connectivity index (χ1v) is 5.70. The van der Waals surface area contributed by atoms with E-state index in [1.54, 1.807) is 21.3 Å². The summed E-state index contributed by atoms with van der Waals surface area (Å²) in [5.74, 6) is 0. The second kappa shape index (κ2) is 5.11. The van der Waals surface area contributed by atoms with E-state index in [-0.39, 0.29) is 5.00 Å². The van der Waals surface area contributed by atoms with Crippen LogP contribution in [-0.2, 0) is 13.3 Å². The molecule has 0 aromatic heterocycles. The lowest BCUT2D eigenvalue weighted by molar-refractivity contribution is 0.120. The molecule has 0 N–H and O–H groups in total. The molecule has 0 aliphatic rings. The van der Waals surface area contributed by atoms with Crippen LogP contribution in [0.15, 0.2) is 0 Å². The number of hydrogen-bond donors (Lipinski definition) is 0. The van der Waals surface area contributed by atoms with Gasteiger partial charge >= 0.3 is 8.80 Å².